The summed E-state index contributed by atoms with van der Waals surface area (Å²) in [4.78, 5) is 12.8. The maximum Gasteiger partial charge on any atom is 0.193 e. The summed E-state index contributed by atoms with van der Waals surface area (Å²) in [5.41, 5.74) is 6.78. The Bertz CT molecular complexity index is 1280. The number of hydrogen-bond donors (Lipinski definition) is 0. The molecule has 3 nitrogen and oxygen atoms in total. The normalized spacial score (nSPS) is 12.7. The van der Waals surface area contributed by atoms with Crippen molar-refractivity contribution in [3.05, 3.63) is 131 Å². The molecule has 0 spiro atoms. The number of hydrogen-bond acceptors (Lipinski definition) is 3. The summed E-state index contributed by atoms with van der Waals surface area (Å²) in [6, 6.07) is 33.3. The number of ketones is 1. The van der Waals surface area contributed by atoms with Gasteiger partial charge in [-0.25, -0.2) is 0 Å². The Morgan fingerprint density at radius 3 is 2.06 bits per heavy atom. The molecule has 156 valence electrons. The molecule has 0 unspecified atom stereocenters. The molecule has 3 heteroatoms. The van der Waals surface area contributed by atoms with Crippen LogP contribution in [0.2, 0.25) is 0 Å². The van der Waals surface area contributed by atoms with Crippen LogP contribution >= 0.6 is 0 Å². The smallest absolute Gasteiger partial charge is 0.193 e. The van der Waals surface area contributed by atoms with E-state index in [2.05, 4.69) is 18.2 Å². The van der Waals surface area contributed by atoms with Crippen molar-refractivity contribution in [3.8, 4) is 11.5 Å². The monoisotopic (exact) mass is 418 g/mol. The van der Waals surface area contributed by atoms with Crippen molar-refractivity contribution < 1.29 is 14.3 Å². The van der Waals surface area contributed by atoms with E-state index in [9.17, 15) is 4.79 Å². The van der Waals surface area contributed by atoms with Crippen molar-refractivity contribution in [2.24, 2.45) is 0 Å². The zero-order valence-corrected chi connectivity index (χ0v) is 17.7. The van der Waals surface area contributed by atoms with Gasteiger partial charge in [-0.15, -0.1) is 0 Å². The minimum Gasteiger partial charge on any atom is -0.497 e. The average Bonchev–Trinajstić information content (AvgIpc) is 2.88. The quantitative estimate of drug-likeness (QED) is 0.358. The van der Waals surface area contributed by atoms with Gasteiger partial charge in [0.2, 0.25) is 0 Å². The molecule has 0 fully saturated rings. The molecule has 0 N–H and O–H groups in total. The lowest BCUT2D eigenvalue weighted by molar-refractivity contribution is 0.103. The van der Waals surface area contributed by atoms with Crippen molar-refractivity contribution in [3.63, 3.8) is 0 Å². The van der Waals surface area contributed by atoms with Gasteiger partial charge in [-0.2, -0.15) is 0 Å². The van der Waals surface area contributed by atoms with Crippen LogP contribution in [0.5, 0.6) is 11.5 Å². The first-order valence-electron chi connectivity index (χ1n) is 10.5. The van der Waals surface area contributed by atoms with Gasteiger partial charge in [0.1, 0.15) is 18.1 Å². The predicted molar refractivity (Wildman–Crippen MR) is 127 cm³/mol. The molecule has 0 saturated heterocycles. The standard InChI is InChI=1S/C29H22O3/c1-31-24-17-15-21(16-18-24)28-25-9-5-6-10-27(25)32-19-26(28)20-11-13-23(14-12-20)29(30)22-7-3-2-4-8-22/h2-18H,19H2,1H3. The maximum absolute atomic E-state index is 12.8. The number of para-hydroxylation sites is 1. The highest BCUT2D eigenvalue weighted by atomic mass is 16.5. The molecule has 4 aromatic rings. The highest BCUT2D eigenvalue weighted by Gasteiger charge is 2.22. The van der Waals surface area contributed by atoms with Crippen LogP contribution < -0.4 is 9.47 Å². The molecular weight excluding hydrogens is 396 g/mol. The van der Waals surface area contributed by atoms with E-state index in [1.165, 1.54) is 0 Å². The van der Waals surface area contributed by atoms with E-state index in [1.807, 2.05) is 84.9 Å². The summed E-state index contributed by atoms with van der Waals surface area (Å²) >= 11 is 0. The van der Waals surface area contributed by atoms with Gasteiger partial charge in [0.25, 0.3) is 0 Å². The van der Waals surface area contributed by atoms with E-state index in [1.54, 1.807) is 7.11 Å². The molecule has 0 aliphatic carbocycles. The Balaban J connectivity index is 1.59. The molecule has 4 aromatic carbocycles. The summed E-state index contributed by atoms with van der Waals surface area (Å²) in [6.07, 6.45) is 0. The van der Waals surface area contributed by atoms with Crippen LogP contribution in [-0.4, -0.2) is 19.5 Å². The first-order valence-corrected chi connectivity index (χ1v) is 10.5. The highest BCUT2D eigenvalue weighted by molar-refractivity contribution is 6.09. The fraction of sp³-hybridized carbons (Fsp3) is 0.0690. The Hall–Kier alpha value is -4.11. The number of methoxy groups -OCH3 is 1. The van der Waals surface area contributed by atoms with Crippen LogP contribution in [0.4, 0.5) is 0 Å². The Morgan fingerprint density at radius 2 is 1.34 bits per heavy atom. The first-order chi connectivity index (χ1) is 15.7. The van der Waals surface area contributed by atoms with E-state index in [-0.39, 0.29) is 5.78 Å². The SMILES string of the molecule is COc1ccc(C2=C(c3ccc(C(=O)c4ccccc4)cc3)COc3ccccc32)cc1. The average molecular weight is 418 g/mol. The predicted octanol–water partition coefficient (Wildman–Crippen LogP) is 6.28. The topological polar surface area (TPSA) is 35.5 Å². The van der Waals surface area contributed by atoms with E-state index in [0.29, 0.717) is 17.7 Å². The van der Waals surface area contributed by atoms with E-state index in [0.717, 1.165) is 39.3 Å². The minimum absolute atomic E-state index is 0.0201. The molecule has 0 atom stereocenters. The van der Waals surface area contributed by atoms with Gasteiger partial charge in [0, 0.05) is 22.3 Å². The van der Waals surface area contributed by atoms with Crippen molar-refractivity contribution in [1.82, 2.24) is 0 Å². The summed E-state index contributed by atoms with van der Waals surface area (Å²) in [5.74, 6) is 1.71. The molecule has 0 radical (unpaired) electrons. The molecule has 0 saturated carbocycles. The minimum atomic E-state index is 0.0201. The summed E-state index contributed by atoms with van der Waals surface area (Å²) in [5, 5.41) is 0. The third kappa shape index (κ3) is 3.69. The van der Waals surface area contributed by atoms with Gasteiger partial charge < -0.3 is 9.47 Å². The number of rotatable bonds is 5. The third-order valence-corrected chi connectivity index (χ3v) is 5.74. The van der Waals surface area contributed by atoms with Gasteiger partial charge in [0.05, 0.1) is 7.11 Å². The van der Waals surface area contributed by atoms with Crippen LogP contribution in [0, 0.1) is 0 Å². The van der Waals surface area contributed by atoms with Gasteiger partial charge in [-0.3, -0.25) is 4.79 Å². The van der Waals surface area contributed by atoms with Gasteiger partial charge >= 0.3 is 0 Å². The summed E-state index contributed by atoms with van der Waals surface area (Å²) < 4.78 is 11.4. The fourth-order valence-corrected chi connectivity index (χ4v) is 4.08. The zero-order valence-electron chi connectivity index (χ0n) is 17.7. The van der Waals surface area contributed by atoms with E-state index < -0.39 is 0 Å². The zero-order chi connectivity index (χ0) is 21.9. The molecular formula is C29H22O3. The van der Waals surface area contributed by atoms with Crippen molar-refractivity contribution in [1.29, 1.82) is 0 Å². The molecule has 32 heavy (non-hydrogen) atoms. The fourth-order valence-electron chi connectivity index (χ4n) is 4.08. The molecule has 5 rings (SSSR count). The third-order valence-electron chi connectivity index (χ3n) is 5.74. The van der Waals surface area contributed by atoms with Gasteiger partial charge in [-0.05, 0) is 34.9 Å². The second-order valence-corrected chi connectivity index (χ2v) is 7.64. The second kappa shape index (κ2) is 8.56. The van der Waals surface area contributed by atoms with Crippen LogP contribution in [0.3, 0.4) is 0 Å². The van der Waals surface area contributed by atoms with Gasteiger partial charge in [-0.1, -0.05) is 84.9 Å². The lowest BCUT2D eigenvalue weighted by atomic mass is 9.87. The van der Waals surface area contributed by atoms with Crippen molar-refractivity contribution in [2.45, 2.75) is 0 Å². The van der Waals surface area contributed by atoms with Crippen LogP contribution in [0.1, 0.15) is 32.6 Å². The molecule has 0 amide bonds. The Labute approximate surface area is 187 Å². The molecule has 1 aliphatic rings. The Kier molecular flexibility index (Phi) is 5.30. The lowest BCUT2D eigenvalue weighted by Crippen LogP contribution is -2.12. The molecule has 1 heterocycles. The van der Waals surface area contributed by atoms with E-state index in [4.69, 9.17) is 9.47 Å². The van der Waals surface area contributed by atoms with Crippen LogP contribution in [0.25, 0.3) is 11.1 Å². The van der Waals surface area contributed by atoms with Crippen molar-refractivity contribution in [2.75, 3.05) is 13.7 Å². The highest BCUT2D eigenvalue weighted by Crippen LogP contribution is 2.41. The number of carbonyl (C=O) groups is 1. The first kappa shape index (κ1) is 19.8. The number of ether oxygens (including phenoxy) is 2. The number of benzene rings is 4. The maximum atomic E-state index is 12.8. The Morgan fingerprint density at radius 1 is 0.719 bits per heavy atom. The molecule has 0 bridgehead atoms. The lowest BCUT2D eigenvalue weighted by Gasteiger charge is -2.25. The number of fused-ring (bicyclic) bond motifs is 1. The van der Waals surface area contributed by atoms with Crippen molar-refractivity contribution >= 4 is 16.9 Å². The van der Waals surface area contributed by atoms with E-state index >= 15 is 0 Å². The molecule has 1 aliphatic heterocycles. The largest absolute Gasteiger partial charge is 0.497 e. The molecule has 0 aromatic heterocycles. The van der Waals surface area contributed by atoms with Crippen LogP contribution in [-0.2, 0) is 0 Å². The summed E-state index contributed by atoms with van der Waals surface area (Å²) in [7, 11) is 1.67. The van der Waals surface area contributed by atoms with Crippen LogP contribution in [0.15, 0.2) is 103 Å². The summed E-state index contributed by atoms with van der Waals surface area (Å²) in [6.45, 7) is 0.463. The second-order valence-electron chi connectivity index (χ2n) is 7.64. The van der Waals surface area contributed by atoms with Gasteiger partial charge in [0.15, 0.2) is 5.78 Å². The number of carbonyl (C=O) groups excluding carboxylic acids is 1.